The van der Waals surface area contributed by atoms with Gasteiger partial charge in [0.1, 0.15) is 0 Å². The molecule has 1 saturated carbocycles. The number of anilines is 1. The van der Waals surface area contributed by atoms with Gasteiger partial charge < -0.3 is 5.32 Å². The van der Waals surface area contributed by atoms with Gasteiger partial charge >= 0.3 is 0 Å². The first-order valence-electron chi connectivity index (χ1n) is 7.37. The van der Waals surface area contributed by atoms with E-state index in [1.54, 1.807) is 12.4 Å². The topological polar surface area (TPSA) is 66.0 Å². The molecule has 0 spiro atoms. The Balaban J connectivity index is 1.74. The number of carbonyl (C=O) groups is 1. The highest BCUT2D eigenvalue weighted by molar-refractivity contribution is 5.92. The number of hydrogen-bond donors (Lipinski definition) is 3. The largest absolute Gasteiger partial charge is 0.326 e. The highest BCUT2D eigenvalue weighted by atomic mass is 16.1. The van der Waals surface area contributed by atoms with Crippen LogP contribution in [0, 0.1) is 5.92 Å². The normalized spacial score (nSPS) is 22.8. The number of nitrogens with zero attached hydrogens (tertiary/aromatic N) is 1. The van der Waals surface area contributed by atoms with Crippen molar-refractivity contribution in [3.63, 3.8) is 0 Å². The van der Waals surface area contributed by atoms with E-state index in [1.165, 1.54) is 0 Å². The van der Waals surface area contributed by atoms with E-state index < -0.39 is 0 Å². The summed E-state index contributed by atoms with van der Waals surface area (Å²) >= 11 is 0. The maximum absolute atomic E-state index is 12.2. The molecule has 5 heteroatoms. The zero-order valence-corrected chi connectivity index (χ0v) is 12.2. The Labute approximate surface area is 120 Å². The fraction of sp³-hybridized carbons (Fsp3) is 0.600. The molecule has 0 saturated heterocycles. The fourth-order valence-electron chi connectivity index (χ4n) is 2.46. The number of aromatic nitrogens is 1. The van der Waals surface area contributed by atoms with Crippen molar-refractivity contribution in [1.29, 1.82) is 0 Å². The van der Waals surface area contributed by atoms with Crippen molar-refractivity contribution in [2.75, 3.05) is 5.32 Å². The molecule has 1 heterocycles. The van der Waals surface area contributed by atoms with Gasteiger partial charge in [0.2, 0.25) is 5.91 Å². The van der Waals surface area contributed by atoms with E-state index in [1.807, 2.05) is 12.1 Å². The SMILES string of the molecule is CC(C)NNC1CCC(C(=O)Nc2ccncc2)CC1. The second-order valence-corrected chi connectivity index (χ2v) is 5.72. The number of hydrogen-bond acceptors (Lipinski definition) is 4. The Morgan fingerprint density at radius 2 is 1.85 bits per heavy atom. The molecule has 0 bridgehead atoms. The van der Waals surface area contributed by atoms with Crippen LogP contribution in [0.1, 0.15) is 39.5 Å². The maximum Gasteiger partial charge on any atom is 0.227 e. The lowest BCUT2D eigenvalue weighted by molar-refractivity contribution is -0.120. The molecule has 0 radical (unpaired) electrons. The van der Waals surface area contributed by atoms with E-state index >= 15 is 0 Å². The van der Waals surface area contributed by atoms with Crippen LogP contribution in [0.5, 0.6) is 0 Å². The predicted molar refractivity (Wildman–Crippen MR) is 80.0 cm³/mol. The lowest BCUT2D eigenvalue weighted by Crippen LogP contribution is -2.46. The maximum atomic E-state index is 12.2. The molecule has 0 atom stereocenters. The van der Waals surface area contributed by atoms with E-state index in [9.17, 15) is 4.79 Å². The average Bonchev–Trinajstić information content (AvgIpc) is 2.46. The minimum Gasteiger partial charge on any atom is -0.326 e. The second-order valence-electron chi connectivity index (χ2n) is 5.72. The quantitative estimate of drug-likeness (QED) is 0.720. The number of pyridine rings is 1. The predicted octanol–water partition coefficient (Wildman–Crippen LogP) is 2.08. The molecule has 1 aromatic rings. The smallest absolute Gasteiger partial charge is 0.227 e. The molecule has 1 amide bonds. The van der Waals surface area contributed by atoms with Crippen LogP contribution < -0.4 is 16.2 Å². The van der Waals surface area contributed by atoms with Crippen molar-refractivity contribution < 1.29 is 4.79 Å². The van der Waals surface area contributed by atoms with Crippen molar-refractivity contribution in [2.45, 2.75) is 51.6 Å². The molecule has 0 aromatic carbocycles. The minimum absolute atomic E-state index is 0.125. The lowest BCUT2D eigenvalue weighted by atomic mass is 9.85. The summed E-state index contributed by atoms with van der Waals surface area (Å²) in [5.41, 5.74) is 7.41. The zero-order chi connectivity index (χ0) is 14.4. The summed E-state index contributed by atoms with van der Waals surface area (Å²) in [5.74, 6) is 0.256. The molecule has 3 N–H and O–H groups in total. The Morgan fingerprint density at radius 3 is 2.45 bits per heavy atom. The molecule has 5 nitrogen and oxygen atoms in total. The zero-order valence-electron chi connectivity index (χ0n) is 12.2. The molecule has 0 unspecified atom stereocenters. The summed E-state index contributed by atoms with van der Waals surface area (Å²) in [7, 11) is 0. The summed E-state index contributed by atoms with van der Waals surface area (Å²) in [6.45, 7) is 4.22. The molecule has 110 valence electrons. The van der Waals surface area contributed by atoms with Crippen molar-refractivity contribution in [1.82, 2.24) is 15.8 Å². The van der Waals surface area contributed by atoms with Gasteiger partial charge in [-0.25, -0.2) is 0 Å². The standard InChI is InChI=1S/C15H24N4O/c1-11(2)18-19-14-5-3-12(4-6-14)15(20)17-13-7-9-16-10-8-13/h7-12,14,18-19H,3-6H2,1-2H3,(H,16,17,20). The van der Waals surface area contributed by atoms with E-state index in [-0.39, 0.29) is 11.8 Å². The third-order valence-electron chi connectivity index (χ3n) is 3.62. The van der Waals surface area contributed by atoms with E-state index in [2.05, 4.69) is 35.0 Å². The van der Waals surface area contributed by atoms with Gasteiger partial charge in [0, 0.05) is 36.1 Å². The van der Waals surface area contributed by atoms with Crippen LogP contribution in [0.2, 0.25) is 0 Å². The van der Waals surface area contributed by atoms with E-state index in [0.717, 1.165) is 31.4 Å². The molecule has 2 rings (SSSR count). The van der Waals surface area contributed by atoms with Crippen molar-refractivity contribution in [2.24, 2.45) is 5.92 Å². The van der Waals surface area contributed by atoms with Crippen LogP contribution in [0.4, 0.5) is 5.69 Å². The van der Waals surface area contributed by atoms with Crippen LogP contribution in [0.15, 0.2) is 24.5 Å². The minimum atomic E-state index is 0.125. The highest BCUT2D eigenvalue weighted by Crippen LogP contribution is 2.25. The van der Waals surface area contributed by atoms with Gasteiger partial charge in [0.05, 0.1) is 0 Å². The van der Waals surface area contributed by atoms with Crippen LogP contribution in [0.25, 0.3) is 0 Å². The molecule has 1 aliphatic carbocycles. The molecule has 1 aromatic heterocycles. The summed E-state index contributed by atoms with van der Waals surface area (Å²) < 4.78 is 0. The van der Waals surface area contributed by atoms with E-state index in [4.69, 9.17) is 0 Å². The van der Waals surface area contributed by atoms with Crippen LogP contribution in [-0.4, -0.2) is 23.0 Å². The average molecular weight is 276 g/mol. The molecular weight excluding hydrogens is 252 g/mol. The van der Waals surface area contributed by atoms with Crippen molar-refractivity contribution in [3.8, 4) is 0 Å². The highest BCUT2D eigenvalue weighted by Gasteiger charge is 2.26. The summed E-state index contributed by atoms with van der Waals surface area (Å²) in [6.07, 6.45) is 7.33. The lowest BCUT2D eigenvalue weighted by Gasteiger charge is -2.29. The fourth-order valence-corrected chi connectivity index (χ4v) is 2.46. The van der Waals surface area contributed by atoms with E-state index in [0.29, 0.717) is 12.1 Å². The van der Waals surface area contributed by atoms with Gasteiger partial charge in [0.25, 0.3) is 0 Å². The van der Waals surface area contributed by atoms with Gasteiger partial charge in [-0.15, -0.1) is 0 Å². The first kappa shape index (κ1) is 14.9. The van der Waals surface area contributed by atoms with Gasteiger partial charge in [-0.05, 0) is 51.7 Å². The Kier molecular flexibility index (Phi) is 5.49. The number of carbonyl (C=O) groups excluding carboxylic acids is 1. The van der Waals surface area contributed by atoms with Crippen LogP contribution in [-0.2, 0) is 4.79 Å². The van der Waals surface area contributed by atoms with Gasteiger partial charge in [-0.2, -0.15) is 0 Å². The third-order valence-corrected chi connectivity index (χ3v) is 3.62. The Morgan fingerprint density at radius 1 is 1.20 bits per heavy atom. The summed E-state index contributed by atoms with van der Waals surface area (Å²) in [4.78, 5) is 16.1. The molecular formula is C15H24N4O. The molecule has 0 aliphatic heterocycles. The third kappa shape index (κ3) is 4.58. The first-order chi connectivity index (χ1) is 9.65. The van der Waals surface area contributed by atoms with Crippen molar-refractivity contribution >= 4 is 11.6 Å². The Bertz CT molecular complexity index is 413. The molecule has 20 heavy (non-hydrogen) atoms. The molecule has 1 aliphatic rings. The number of nitrogens with one attached hydrogen (secondary N) is 3. The van der Waals surface area contributed by atoms with Crippen LogP contribution >= 0.6 is 0 Å². The van der Waals surface area contributed by atoms with Gasteiger partial charge in [-0.3, -0.25) is 20.6 Å². The Hall–Kier alpha value is -1.46. The number of amides is 1. The summed E-state index contributed by atoms with van der Waals surface area (Å²) in [6, 6.07) is 4.54. The monoisotopic (exact) mass is 276 g/mol. The first-order valence-corrected chi connectivity index (χ1v) is 7.37. The molecule has 1 fully saturated rings. The van der Waals surface area contributed by atoms with Crippen molar-refractivity contribution in [3.05, 3.63) is 24.5 Å². The summed E-state index contributed by atoms with van der Waals surface area (Å²) in [5, 5.41) is 2.96. The van der Waals surface area contributed by atoms with Gasteiger partial charge in [0.15, 0.2) is 0 Å². The number of rotatable bonds is 5. The van der Waals surface area contributed by atoms with Crippen LogP contribution in [0.3, 0.4) is 0 Å². The number of hydrazine groups is 1. The van der Waals surface area contributed by atoms with Gasteiger partial charge in [-0.1, -0.05) is 0 Å². The second kappa shape index (κ2) is 7.36.